The van der Waals surface area contributed by atoms with Crippen LogP contribution in [0, 0.1) is 23.7 Å². The Labute approximate surface area is 164 Å². The summed E-state index contributed by atoms with van der Waals surface area (Å²) >= 11 is 7.66. The quantitative estimate of drug-likeness (QED) is 0.628. The highest BCUT2D eigenvalue weighted by molar-refractivity contribution is 7.12. The molecule has 0 radical (unpaired) electrons. The molecule has 3 amide bonds. The van der Waals surface area contributed by atoms with E-state index < -0.39 is 0 Å². The molecule has 0 spiro atoms. The largest absolute Gasteiger partial charge is 0.320 e. The van der Waals surface area contributed by atoms with E-state index in [4.69, 9.17) is 11.6 Å². The summed E-state index contributed by atoms with van der Waals surface area (Å²) in [5, 5.41) is 4.87. The highest BCUT2D eigenvalue weighted by Crippen LogP contribution is 2.53. The van der Waals surface area contributed by atoms with Gasteiger partial charge in [0.1, 0.15) is 0 Å². The predicted octanol–water partition coefficient (Wildman–Crippen LogP) is 3.97. The van der Waals surface area contributed by atoms with Crippen LogP contribution in [0.3, 0.4) is 0 Å². The number of hydrogen-bond donors (Lipinski definition) is 1. The molecule has 1 saturated carbocycles. The van der Waals surface area contributed by atoms with Gasteiger partial charge in [-0.2, -0.15) is 0 Å². The van der Waals surface area contributed by atoms with Gasteiger partial charge in [-0.25, -0.2) is 4.90 Å². The molecule has 0 unspecified atom stereocenters. The van der Waals surface area contributed by atoms with Crippen LogP contribution < -0.4 is 10.2 Å². The van der Waals surface area contributed by atoms with Crippen molar-refractivity contribution >= 4 is 52.0 Å². The summed E-state index contributed by atoms with van der Waals surface area (Å²) in [6, 6.07) is 8.38. The van der Waals surface area contributed by atoms with E-state index in [1.54, 1.807) is 30.3 Å². The molecular weight excluding hydrogens is 384 g/mol. The van der Waals surface area contributed by atoms with E-state index in [2.05, 4.69) is 17.5 Å². The molecule has 1 aliphatic heterocycles. The van der Waals surface area contributed by atoms with Crippen LogP contribution in [0.4, 0.5) is 11.4 Å². The Morgan fingerprint density at radius 1 is 1.11 bits per heavy atom. The van der Waals surface area contributed by atoms with Crippen molar-refractivity contribution in [2.45, 2.75) is 6.42 Å². The number of thiophene rings is 1. The van der Waals surface area contributed by atoms with Crippen molar-refractivity contribution in [1.82, 2.24) is 0 Å². The summed E-state index contributed by atoms with van der Waals surface area (Å²) in [4.78, 5) is 39.8. The molecule has 1 aromatic heterocycles. The molecule has 3 aliphatic rings. The smallest absolute Gasteiger partial charge is 0.265 e. The fourth-order valence-corrected chi connectivity index (χ4v) is 5.33. The topological polar surface area (TPSA) is 66.5 Å². The molecule has 7 heteroatoms. The van der Waals surface area contributed by atoms with E-state index in [0.29, 0.717) is 16.3 Å². The van der Waals surface area contributed by atoms with Crippen LogP contribution in [-0.2, 0) is 9.59 Å². The number of benzene rings is 1. The Bertz CT molecular complexity index is 971. The molecule has 2 bridgehead atoms. The Morgan fingerprint density at radius 2 is 1.81 bits per heavy atom. The maximum absolute atomic E-state index is 12.9. The lowest BCUT2D eigenvalue weighted by molar-refractivity contribution is -0.123. The van der Waals surface area contributed by atoms with E-state index >= 15 is 0 Å². The van der Waals surface area contributed by atoms with Gasteiger partial charge < -0.3 is 5.32 Å². The third-order valence-electron chi connectivity index (χ3n) is 5.67. The Kier molecular flexibility index (Phi) is 3.74. The van der Waals surface area contributed by atoms with Gasteiger partial charge in [-0.3, -0.25) is 14.4 Å². The minimum atomic E-state index is -0.246. The third kappa shape index (κ3) is 2.47. The minimum Gasteiger partial charge on any atom is -0.320 e. The number of carbonyl (C=O) groups is 3. The Hall–Kier alpha value is -2.44. The van der Waals surface area contributed by atoms with Crippen LogP contribution >= 0.6 is 22.9 Å². The van der Waals surface area contributed by atoms with Crippen molar-refractivity contribution in [3.63, 3.8) is 0 Å². The van der Waals surface area contributed by atoms with Crippen molar-refractivity contribution in [2.75, 3.05) is 10.2 Å². The first kappa shape index (κ1) is 16.7. The van der Waals surface area contributed by atoms with Gasteiger partial charge in [0.05, 0.1) is 33.1 Å². The molecule has 2 heterocycles. The monoisotopic (exact) mass is 398 g/mol. The van der Waals surface area contributed by atoms with Crippen molar-refractivity contribution in [2.24, 2.45) is 23.7 Å². The summed E-state index contributed by atoms with van der Waals surface area (Å²) in [5.74, 6) is -0.691. The van der Waals surface area contributed by atoms with Crippen LogP contribution in [0.1, 0.15) is 16.1 Å². The average molecular weight is 399 g/mol. The number of allylic oxidation sites excluding steroid dienone is 2. The van der Waals surface area contributed by atoms with E-state index in [-0.39, 0.29) is 46.4 Å². The van der Waals surface area contributed by atoms with E-state index in [1.807, 2.05) is 5.38 Å². The number of anilines is 2. The van der Waals surface area contributed by atoms with Gasteiger partial charge >= 0.3 is 0 Å². The summed E-state index contributed by atoms with van der Waals surface area (Å²) in [6.45, 7) is 0. The molecule has 2 fully saturated rings. The lowest BCUT2D eigenvalue weighted by Gasteiger charge is -2.18. The number of nitrogens with zero attached hydrogens (tertiary/aromatic N) is 1. The number of rotatable bonds is 3. The number of hydrogen-bond acceptors (Lipinski definition) is 4. The fraction of sp³-hybridized carbons (Fsp3) is 0.250. The number of amides is 3. The second-order valence-corrected chi connectivity index (χ2v) is 8.46. The van der Waals surface area contributed by atoms with Gasteiger partial charge in [-0.1, -0.05) is 29.8 Å². The second-order valence-electron chi connectivity index (χ2n) is 7.11. The van der Waals surface area contributed by atoms with Gasteiger partial charge in [0.25, 0.3) is 5.91 Å². The molecule has 5 rings (SSSR count). The second kappa shape index (κ2) is 6.04. The molecule has 136 valence electrons. The fourth-order valence-electron chi connectivity index (χ4n) is 4.49. The third-order valence-corrected chi connectivity index (χ3v) is 6.86. The van der Waals surface area contributed by atoms with Gasteiger partial charge in [0, 0.05) is 0 Å². The zero-order valence-electron chi connectivity index (χ0n) is 14.1. The zero-order valence-corrected chi connectivity index (χ0v) is 15.7. The van der Waals surface area contributed by atoms with Gasteiger partial charge in [0.2, 0.25) is 11.8 Å². The number of imide groups is 1. The first-order valence-corrected chi connectivity index (χ1v) is 10.0. The Morgan fingerprint density at radius 3 is 2.41 bits per heavy atom. The first-order chi connectivity index (χ1) is 13.0. The molecule has 5 nitrogen and oxygen atoms in total. The minimum absolute atomic E-state index is 0.145. The molecule has 1 saturated heterocycles. The van der Waals surface area contributed by atoms with Crippen molar-refractivity contribution in [3.8, 4) is 0 Å². The summed E-state index contributed by atoms with van der Waals surface area (Å²) in [7, 11) is 0. The Balaban J connectivity index is 1.40. The lowest BCUT2D eigenvalue weighted by atomic mass is 9.85. The molecule has 27 heavy (non-hydrogen) atoms. The van der Waals surface area contributed by atoms with Crippen LogP contribution in [0.15, 0.2) is 47.9 Å². The zero-order chi connectivity index (χ0) is 18.7. The highest BCUT2D eigenvalue weighted by atomic mass is 35.5. The molecule has 2 aromatic rings. The molecule has 1 aromatic carbocycles. The van der Waals surface area contributed by atoms with E-state index in [1.165, 1.54) is 16.2 Å². The first-order valence-electron chi connectivity index (χ1n) is 8.75. The van der Waals surface area contributed by atoms with Crippen LogP contribution in [-0.4, -0.2) is 17.7 Å². The lowest BCUT2D eigenvalue weighted by Crippen LogP contribution is -2.32. The number of fused-ring (bicyclic) bond motifs is 5. The van der Waals surface area contributed by atoms with E-state index in [9.17, 15) is 14.4 Å². The number of nitrogens with one attached hydrogen (secondary N) is 1. The molecule has 1 N–H and O–H groups in total. The average Bonchev–Trinajstić information content (AvgIpc) is 3.42. The van der Waals surface area contributed by atoms with Gasteiger partial charge in [-0.05, 0) is 47.9 Å². The summed E-state index contributed by atoms with van der Waals surface area (Å²) in [5.41, 5.74) is 0.901. The van der Waals surface area contributed by atoms with Crippen molar-refractivity contribution < 1.29 is 14.4 Å². The maximum Gasteiger partial charge on any atom is 0.265 e. The number of halogens is 1. The summed E-state index contributed by atoms with van der Waals surface area (Å²) in [6.07, 6.45) is 5.03. The van der Waals surface area contributed by atoms with Crippen molar-refractivity contribution in [3.05, 3.63) is 57.8 Å². The van der Waals surface area contributed by atoms with Gasteiger partial charge in [-0.15, -0.1) is 11.3 Å². The standard InChI is InChI=1S/C20H15ClN2O3S/c21-13-9-12(5-6-14(13)22-18(24)15-2-1-7-27-15)23-19(25)16-10-3-4-11(8-10)17(16)20(23)26/h1-7,9-11,16-17H,8H2,(H,22,24)/t10-,11-,16+,17+/m0/s1. The van der Waals surface area contributed by atoms with Crippen LogP contribution in [0.5, 0.6) is 0 Å². The highest BCUT2D eigenvalue weighted by Gasteiger charge is 2.59. The van der Waals surface area contributed by atoms with Crippen molar-refractivity contribution in [1.29, 1.82) is 0 Å². The number of carbonyl (C=O) groups excluding carboxylic acids is 3. The van der Waals surface area contributed by atoms with Crippen LogP contribution in [0.2, 0.25) is 5.02 Å². The normalized spacial score (nSPS) is 28.1. The van der Waals surface area contributed by atoms with Crippen LogP contribution in [0.25, 0.3) is 0 Å². The SMILES string of the molecule is O=C(Nc1ccc(N2C(=O)[C@H]3[C@H](C2=O)[C@H]2C=C[C@H]3C2)cc1Cl)c1cccs1. The molecule has 4 atom stereocenters. The molecule has 2 aliphatic carbocycles. The predicted molar refractivity (Wildman–Crippen MR) is 104 cm³/mol. The maximum atomic E-state index is 12.9. The summed E-state index contributed by atoms with van der Waals surface area (Å²) < 4.78 is 0. The van der Waals surface area contributed by atoms with Gasteiger partial charge in [0.15, 0.2) is 0 Å². The molecular formula is C20H15ClN2O3S. The van der Waals surface area contributed by atoms with E-state index in [0.717, 1.165) is 6.42 Å².